The SMILES string of the molecule is Cc1cc(N2CCN(CC(C)n3cncn3)CC2)cc(C)n1.O=C(O)C(F)(F)F.O=C(O)C(F)(F)F. The lowest BCUT2D eigenvalue weighted by Crippen LogP contribution is -2.47. The van der Waals surface area contributed by atoms with Crippen LogP contribution in [0.1, 0.15) is 24.4 Å². The van der Waals surface area contributed by atoms with Crippen molar-refractivity contribution in [1.82, 2.24) is 24.6 Å². The molecule has 1 aliphatic rings. The number of aromatic nitrogens is 4. The van der Waals surface area contributed by atoms with Crippen LogP contribution in [0.5, 0.6) is 0 Å². The van der Waals surface area contributed by atoms with Crippen LogP contribution in [0.4, 0.5) is 32.0 Å². The van der Waals surface area contributed by atoms with Gasteiger partial charge in [0.15, 0.2) is 0 Å². The second kappa shape index (κ2) is 13.0. The van der Waals surface area contributed by atoms with Crippen LogP contribution in [0.2, 0.25) is 0 Å². The van der Waals surface area contributed by atoms with Crippen LogP contribution in [0.15, 0.2) is 24.8 Å². The van der Waals surface area contributed by atoms with E-state index in [0.29, 0.717) is 6.04 Å². The first-order chi connectivity index (χ1) is 16.5. The summed E-state index contributed by atoms with van der Waals surface area (Å²) in [5.74, 6) is -5.51. The number of hydrogen-bond acceptors (Lipinski definition) is 7. The molecule has 0 aromatic carbocycles. The molecule has 3 heterocycles. The third-order valence-corrected chi connectivity index (χ3v) is 4.70. The maximum absolute atomic E-state index is 10.6. The smallest absolute Gasteiger partial charge is 0.475 e. The number of hydrogen-bond donors (Lipinski definition) is 2. The fraction of sp³-hybridized carbons (Fsp3) is 0.550. The van der Waals surface area contributed by atoms with Gasteiger partial charge in [-0.3, -0.25) is 9.88 Å². The molecule has 1 unspecified atom stereocenters. The minimum Gasteiger partial charge on any atom is -0.475 e. The van der Waals surface area contributed by atoms with Crippen LogP contribution >= 0.6 is 0 Å². The van der Waals surface area contributed by atoms with E-state index in [2.05, 4.69) is 57.8 Å². The minimum absolute atomic E-state index is 0.361. The van der Waals surface area contributed by atoms with Crippen molar-refractivity contribution in [2.75, 3.05) is 37.6 Å². The summed E-state index contributed by atoms with van der Waals surface area (Å²) in [6.45, 7) is 11.6. The molecular weight excluding hydrogens is 502 g/mol. The van der Waals surface area contributed by atoms with Gasteiger partial charge in [-0.15, -0.1) is 0 Å². The molecule has 1 atom stereocenters. The summed E-state index contributed by atoms with van der Waals surface area (Å²) in [4.78, 5) is 31.2. The molecule has 0 spiro atoms. The molecule has 0 radical (unpaired) electrons. The number of halogens is 6. The topological polar surface area (TPSA) is 125 Å². The molecule has 0 aliphatic carbocycles. The van der Waals surface area contributed by atoms with Crippen LogP contribution in [0.25, 0.3) is 0 Å². The van der Waals surface area contributed by atoms with Crippen molar-refractivity contribution >= 4 is 17.6 Å². The Kier molecular flexibility index (Phi) is 11.1. The molecule has 1 saturated heterocycles. The van der Waals surface area contributed by atoms with E-state index in [1.54, 1.807) is 12.7 Å². The zero-order valence-electron chi connectivity index (χ0n) is 19.6. The van der Waals surface area contributed by atoms with Crippen LogP contribution < -0.4 is 4.90 Å². The Morgan fingerprint density at radius 1 is 0.944 bits per heavy atom. The van der Waals surface area contributed by atoms with Crippen molar-refractivity contribution in [2.24, 2.45) is 0 Å². The number of nitrogens with zero attached hydrogens (tertiary/aromatic N) is 6. The first-order valence-corrected chi connectivity index (χ1v) is 10.4. The fourth-order valence-electron chi connectivity index (χ4n) is 3.09. The van der Waals surface area contributed by atoms with E-state index in [4.69, 9.17) is 19.8 Å². The average molecular weight is 528 g/mol. The highest BCUT2D eigenvalue weighted by molar-refractivity contribution is 5.73. The molecule has 2 aromatic rings. The summed E-state index contributed by atoms with van der Waals surface area (Å²) in [7, 11) is 0. The Bertz CT molecular complexity index is 932. The Labute approximate surface area is 202 Å². The molecule has 0 saturated carbocycles. The summed E-state index contributed by atoms with van der Waals surface area (Å²) in [5, 5.41) is 18.5. The lowest BCUT2D eigenvalue weighted by Gasteiger charge is -2.37. The summed E-state index contributed by atoms with van der Waals surface area (Å²) in [6.07, 6.45) is -6.77. The van der Waals surface area contributed by atoms with E-state index in [0.717, 1.165) is 44.1 Å². The Balaban J connectivity index is 0.000000383. The number of anilines is 1. The van der Waals surface area contributed by atoms with E-state index in [1.807, 2.05) is 4.68 Å². The fourth-order valence-corrected chi connectivity index (χ4v) is 3.09. The van der Waals surface area contributed by atoms with Crippen molar-refractivity contribution in [3.63, 3.8) is 0 Å². The Morgan fingerprint density at radius 3 is 1.75 bits per heavy atom. The molecule has 2 N–H and O–H groups in total. The zero-order chi connectivity index (χ0) is 27.7. The summed E-state index contributed by atoms with van der Waals surface area (Å²) >= 11 is 0. The third kappa shape index (κ3) is 10.9. The number of aliphatic carboxylic acids is 2. The quantitative estimate of drug-likeness (QED) is 0.577. The second-order valence-corrected chi connectivity index (χ2v) is 7.73. The molecule has 2 aromatic heterocycles. The lowest BCUT2D eigenvalue weighted by atomic mass is 10.2. The number of aryl methyl sites for hydroxylation is 2. The molecule has 0 bridgehead atoms. The standard InChI is InChI=1S/C16H24N6.2C2HF3O2/c1-13-8-16(9-14(2)19-13)21-6-4-20(5-7-21)10-15(3)22-12-17-11-18-22;2*3-2(4,5)1(6)7/h8-9,11-12,15H,4-7,10H2,1-3H3;2*(H,6,7). The van der Waals surface area contributed by atoms with Crippen molar-refractivity contribution in [2.45, 2.75) is 39.2 Å². The van der Waals surface area contributed by atoms with Gasteiger partial charge >= 0.3 is 24.3 Å². The molecule has 10 nitrogen and oxygen atoms in total. The van der Waals surface area contributed by atoms with Crippen LogP contribution in [0, 0.1) is 13.8 Å². The molecule has 202 valence electrons. The van der Waals surface area contributed by atoms with Crippen molar-refractivity contribution in [3.05, 3.63) is 36.2 Å². The average Bonchev–Trinajstić information content (AvgIpc) is 3.28. The highest BCUT2D eigenvalue weighted by Gasteiger charge is 2.38. The van der Waals surface area contributed by atoms with Crippen LogP contribution in [0.3, 0.4) is 0 Å². The monoisotopic (exact) mass is 528 g/mol. The van der Waals surface area contributed by atoms with Gasteiger partial charge in [-0.2, -0.15) is 31.4 Å². The summed E-state index contributed by atoms with van der Waals surface area (Å²) < 4.78 is 65.4. The van der Waals surface area contributed by atoms with Crippen molar-refractivity contribution in [3.8, 4) is 0 Å². The van der Waals surface area contributed by atoms with Gasteiger partial charge in [-0.1, -0.05) is 0 Å². The van der Waals surface area contributed by atoms with Gasteiger partial charge in [-0.25, -0.2) is 19.3 Å². The molecular formula is C20H26F6N6O4. The van der Waals surface area contributed by atoms with Crippen molar-refractivity contribution in [1.29, 1.82) is 0 Å². The summed E-state index contributed by atoms with van der Waals surface area (Å²) in [6, 6.07) is 4.72. The van der Waals surface area contributed by atoms with Gasteiger partial charge < -0.3 is 15.1 Å². The highest BCUT2D eigenvalue weighted by atomic mass is 19.4. The van der Waals surface area contributed by atoms with E-state index in [9.17, 15) is 26.3 Å². The second-order valence-electron chi connectivity index (χ2n) is 7.73. The number of pyridine rings is 1. The number of carboxylic acids is 2. The largest absolute Gasteiger partial charge is 0.490 e. The number of carbonyl (C=O) groups is 2. The van der Waals surface area contributed by atoms with Gasteiger partial charge in [0.25, 0.3) is 0 Å². The molecule has 0 amide bonds. The number of rotatable bonds is 4. The van der Waals surface area contributed by atoms with Crippen LogP contribution in [-0.4, -0.2) is 91.9 Å². The first kappa shape index (κ1) is 30.6. The zero-order valence-corrected chi connectivity index (χ0v) is 19.6. The Hall–Kier alpha value is -3.43. The number of carboxylic acid groups (broad SMARTS) is 2. The Morgan fingerprint density at radius 2 is 1.39 bits per heavy atom. The molecule has 1 aliphatic heterocycles. The van der Waals surface area contributed by atoms with E-state index in [1.165, 1.54) is 5.69 Å². The van der Waals surface area contributed by atoms with Gasteiger partial charge in [0.2, 0.25) is 0 Å². The maximum Gasteiger partial charge on any atom is 0.490 e. The van der Waals surface area contributed by atoms with Crippen LogP contribution in [-0.2, 0) is 9.59 Å². The van der Waals surface area contributed by atoms with Crippen molar-refractivity contribution < 1.29 is 46.1 Å². The van der Waals surface area contributed by atoms with Gasteiger partial charge in [0.1, 0.15) is 12.7 Å². The normalized spacial score (nSPS) is 15.2. The van der Waals surface area contributed by atoms with Gasteiger partial charge in [-0.05, 0) is 32.9 Å². The van der Waals surface area contributed by atoms with E-state index < -0.39 is 24.3 Å². The third-order valence-electron chi connectivity index (χ3n) is 4.70. The highest BCUT2D eigenvalue weighted by Crippen LogP contribution is 2.19. The predicted octanol–water partition coefficient (Wildman–Crippen LogP) is 2.94. The lowest BCUT2D eigenvalue weighted by molar-refractivity contribution is -0.193. The number of piperazine rings is 1. The molecule has 1 fully saturated rings. The minimum atomic E-state index is -5.08. The van der Waals surface area contributed by atoms with E-state index >= 15 is 0 Å². The van der Waals surface area contributed by atoms with E-state index in [-0.39, 0.29) is 0 Å². The molecule has 16 heteroatoms. The number of alkyl halides is 6. The van der Waals surface area contributed by atoms with Gasteiger partial charge in [0.05, 0.1) is 6.04 Å². The summed E-state index contributed by atoms with van der Waals surface area (Å²) in [5.41, 5.74) is 3.49. The molecule has 3 rings (SSSR count). The maximum atomic E-state index is 10.6. The predicted molar refractivity (Wildman–Crippen MR) is 114 cm³/mol. The van der Waals surface area contributed by atoms with Gasteiger partial charge in [0, 0.05) is 49.8 Å². The first-order valence-electron chi connectivity index (χ1n) is 10.4. The molecule has 36 heavy (non-hydrogen) atoms.